The van der Waals surface area contributed by atoms with E-state index in [0.29, 0.717) is 5.56 Å². The summed E-state index contributed by atoms with van der Waals surface area (Å²) in [6, 6.07) is 9.20. The Morgan fingerprint density at radius 1 is 1.36 bits per heavy atom. The van der Waals surface area contributed by atoms with Crippen molar-refractivity contribution in [3.8, 4) is 6.07 Å². The molecule has 0 aliphatic heterocycles. The Kier molecular flexibility index (Phi) is 3.69. The second kappa shape index (κ2) is 5.03. The van der Waals surface area contributed by atoms with Crippen molar-refractivity contribution in [1.82, 2.24) is 0 Å². The first-order valence-electron chi connectivity index (χ1n) is 4.41. The van der Waals surface area contributed by atoms with Crippen LogP contribution >= 0.6 is 0 Å². The third-order valence-electron chi connectivity index (χ3n) is 1.51. The highest BCUT2D eigenvalue weighted by molar-refractivity contribution is 5.79. The van der Waals surface area contributed by atoms with Gasteiger partial charge in [0.2, 0.25) is 0 Å². The Balaban J connectivity index is 2.61. The summed E-state index contributed by atoms with van der Waals surface area (Å²) in [5, 5.41) is 12.4. The zero-order valence-corrected chi connectivity index (χ0v) is 8.27. The summed E-state index contributed by atoms with van der Waals surface area (Å²) in [5.74, 6) is 0. The van der Waals surface area contributed by atoms with Gasteiger partial charge in [-0.3, -0.25) is 0 Å². The van der Waals surface area contributed by atoms with Gasteiger partial charge in [0.05, 0.1) is 17.8 Å². The normalized spacial score (nSPS) is 10.4. The Morgan fingerprint density at radius 3 is 2.50 bits per heavy atom. The van der Waals surface area contributed by atoms with E-state index in [0.717, 1.165) is 5.56 Å². The molecule has 1 aromatic rings. The summed E-state index contributed by atoms with van der Waals surface area (Å²) >= 11 is 0. The molecule has 0 heterocycles. The van der Waals surface area contributed by atoms with Gasteiger partial charge in [-0.2, -0.15) is 5.26 Å². The van der Waals surface area contributed by atoms with E-state index in [1.165, 1.54) is 0 Å². The van der Waals surface area contributed by atoms with Crippen molar-refractivity contribution < 1.29 is 4.84 Å². The van der Waals surface area contributed by atoms with Crippen LogP contribution in [-0.4, -0.2) is 12.3 Å². The predicted molar refractivity (Wildman–Crippen MR) is 55.0 cm³/mol. The number of nitrogens with zero attached hydrogens (tertiary/aromatic N) is 2. The van der Waals surface area contributed by atoms with Gasteiger partial charge in [-0.05, 0) is 31.5 Å². The van der Waals surface area contributed by atoms with Gasteiger partial charge in [0, 0.05) is 0 Å². The van der Waals surface area contributed by atoms with Crippen LogP contribution in [0.2, 0.25) is 0 Å². The molecule has 0 unspecified atom stereocenters. The largest absolute Gasteiger partial charge is 0.393 e. The van der Waals surface area contributed by atoms with E-state index in [1.54, 1.807) is 18.3 Å². The highest BCUT2D eigenvalue weighted by Crippen LogP contribution is 2.01. The van der Waals surface area contributed by atoms with Gasteiger partial charge in [-0.15, -0.1) is 0 Å². The number of benzene rings is 1. The number of oxime groups is 1. The van der Waals surface area contributed by atoms with Gasteiger partial charge >= 0.3 is 0 Å². The van der Waals surface area contributed by atoms with Crippen molar-refractivity contribution in [3.05, 3.63) is 35.4 Å². The smallest absolute Gasteiger partial charge is 0.122 e. The molecule has 0 atom stereocenters. The van der Waals surface area contributed by atoms with Crippen LogP contribution in [0.1, 0.15) is 25.0 Å². The highest BCUT2D eigenvalue weighted by atomic mass is 16.6. The van der Waals surface area contributed by atoms with E-state index < -0.39 is 0 Å². The Bertz CT molecular complexity index is 347. The van der Waals surface area contributed by atoms with E-state index in [4.69, 9.17) is 10.1 Å². The molecule has 1 aromatic carbocycles. The zero-order valence-electron chi connectivity index (χ0n) is 8.27. The molecule has 1 rings (SSSR count). The molecule has 0 fully saturated rings. The molecule has 0 saturated heterocycles. The van der Waals surface area contributed by atoms with Crippen molar-refractivity contribution >= 4 is 6.21 Å². The molecular weight excluding hydrogens is 176 g/mol. The summed E-state index contributed by atoms with van der Waals surface area (Å²) in [4.78, 5) is 5.01. The Morgan fingerprint density at radius 2 is 2.00 bits per heavy atom. The van der Waals surface area contributed by atoms with Gasteiger partial charge in [0.1, 0.15) is 6.10 Å². The lowest BCUT2D eigenvalue weighted by atomic mass is 10.2. The maximum atomic E-state index is 8.57. The van der Waals surface area contributed by atoms with Crippen molar-refractivity contribution in [1.29, 1.82) is 5.26 Å². The minimum Gasteiger partial charge on any atom is -0.393 e. The fraction of sp³-hybridized carbons (Fsp3) is 0.273. The van der Waals surface area contributed by atoms with Crippen LogP contribution in [-0.2, 0) is 4.84 Å². The zero-order chi connectivity index (χ0) is 10.4. The van der Waals surface area contributed by atoms with Crippen LogP contribution in [0.5, 0.6) is 0 Å². The summed E-state index contributed by atoms with van der Waals surface area (Å²) < 4.78 is 0. The van der Waals surface area contributed by atoms with E-state index in [1.807, 2.05) is 26.0 Å². The molecule has 0 saturated carbocycles. The maximum absolute atomic E-state index is 8.57. The van der Waals surface area contributed by atoms with Crippen LogP contribution in [0.15, 0.2) is 29.4 Å². The van der Waals surface area contributed by atoms with Crippen LogP contribution < -0.4 is 0 Å². The fourth-order valence-corrected chi connectivity index (χ4v) is 0.857. The van der Waals surface area contributed by atoms with Gasteiger partial charge < -0.3 is 4.84 Å². The van der Waals surface area contributed by atoms with Crippen LogP contribution in [0.4, 0.5) is 0 Å². The molecule has 3 nitrogen and oxygen atoms in total. The SMILES string of the molecule is CC(C)ON=Cc1ccc(C#N)cc1. The van der Waals surface area contributed by atoms with Crippen molar-refractivity contribution in [2.45, 2.75) is 20.0 Å². The minimum atomic E-state index is 0.0876. The lowest BCUT2D eigenvalue weighted by Crippen LogP contribution is -1.96. The van der Waals surface area contributed by atoms with E-state index in [9.17, 15) is 0 Å². The molecule has 0 amide bonds. The molecular formula is C11H12N2O. The van der Waals surface area contributed by atoms with Crippen LogP contribution in [0, 0.1) is 11.3 Å². The summed E-state index contributed by atoms with van der Waals surface area (Å²) in [6.07, 6.45) is 1.71. The Hall–Kier alpha value is -1.82. The molecule has 0 aliphatic rings. The number of nitriles is 1. The Labute approximate surface area is 83.6 Å². The molecule has 0 aromatic heterocycles. The first-order valence-corrected chi connectivity index (χ1v) is 4.41. The summed E-state index contributed by atoms with van der Waals surface area (Å²) in [7, 11) is 0. The third kappa shape index (κ3) is 3.28. The topological polar surface area (TPSA) is 45.4 Å². The minimum absolute atomic E-state index is 0.0876. The molecule has 0 bridgehead atoms. The predicted octanol–water partition coefficient (Wildman–Crippen LogP) is 2.32. The molecule has 0 aliphatic carbocycles. The quantitative estimate of drug-likeness (QED) is 0.539. The van der Waals surface area contributed by atoms with Crippen molar-refractivity contribution in [3.63, 3.8) is 0 Å². The van der Waals surface area contributed by atoms with Gasteiger partial charge in [0.15, 0.2) is 0 Å². The second-order valence-corrected chi connectivity index (χ2v) is 3.12. The lowest BCUT2D eigenvalue weighted by Gasteiger charge is -2.00. The molecule has 0 radical (unpaired) electrons. The van der Waals surface area contributed by atoms with Crippen molar-refractivity contribution in [2.75, 3.05) is 0 Å². The van der Waals surface area contributed by atoms with Crippen LogP contribution in [0.25, 0.3) is 0 Å². The fourth-order valence-electron chi connectivity index (χ4n) is 0.857. The van der Waals surface area contributed by atoms with Crippen molar-refractivity contribution in [2.24, 2.45) is 5.16 Å². The average molecular weight is 188 g/mol. The molecule has 0 spiro atoms. The molecule has 3 heteroatoms. The molecule has 72 valence electrons. The molecule has 0 N–H and O–H groups in total. The first kappa shape index (κ1) is 10.3. The highest BCUT2D eigenvalue weighted by Gasteiger charge is 1.91. The van der Waals surface area contributed by atoms with Gasteiger partial charge in [0.25, 0.3) is 0 Å². The summed E-state index contributed by atoms with van der Waals surface area (Å²) in [5.41, 5.74) is 1.57. The second-order valence-electron chi connectivity index (χ2n) is 3.12. The number of hydrogen-bond acceptors (Lipinski definition) is 3. The monoisotopic (exact) mass is 188 g/mol. The van der Waals surface area contributed by atoms with Gasteiger partial charge in [-0.1, -0.05) is 17.3 Å². The third-order valence-corrected chi connectivity index (χ3v) is 1.51. The number of rotatable bonds is 3. The standard InChI is InChI=1S/C11H12N2O/c1-9(2)14-13-8-11-5-3-10(7-12)4-6-11/h3-6,8-9H,1-2H3. The summed E-state index contributed by atoms with van der Waals surface area (Å²) in [6.45, 7) is 3.83. The van der Waals surface area contributed by atoms with Gasteiger partial charge in [-0.25, -0.2) is 0 Å². The number of hydrogen-bond donors (Lipinski definition) is 0. The van der Waals surface area contributed by atoms with E-state index >= 15 is 0 Å². The molecule has 14 heavy (non-hydrogen) atoms. The first-order chi connectivity index (χ1) is 6.72. The van der Waals surface area contributed by atoms with E-state index in [-0.39, 0.29) is 6.10 Å². The lowest BCUT2D eigenvalue weighted by molar-refractivity contribution is 0.0874. The maximum Gasteiger partial charge on any atom is 0.122 e. The van der Waals surface area contributed by atoms with E-state index in [2.05, 4.69) is 11.2 Å². The average Bonchev–Trinajstić information content (AvgIpc) is 2.18. The van der Waals surface area contributed by atoms with Crippen LogP contribution in [0.3, 0.4) is 0 Å².